The van der Waals surface area contributed by atoms with E-state index in [-0.39, 0.29) is 0 Å². The minimum Gasteiger partial charge on any atom is -0.452 e. The Morgan fingerprint density at radius 1 is 0.812 bits per heavy atom. The first-order chi connectivity index (χ1) is 15.5. The van der Waals surface area contributed by atoms with E-state index in [1.165, 1.54) is 0 Å². The summed E-state index contributed by atoms with van der Waals surface area (Å²) in [6.45, 7) is 0.0605. The summed E-state index contributed by atoms with van der Waals surface area (Å²) in [6, 6.07) is 22.8. The zero-order valence-electron chi connectivity index (χ0n) is 17.1. The quantitative estimate of drug-likeness (QED) is 0.359. The number of para-hydroxylation sites is 1. The van der Waals surface area contributed by atoms with Gasteiger partial charge in [-0.2, -0.15) is 0 Å². The molecule has 0 atom stereocenters. The number of halogens is 1. The summed E-state index contributed by atoms with van der Waals surface area (Å²) in [5, 5.41) is 3.89. The molecule has 0 heterocycles. The van der Waals surface area contributed by atoms with Crippen molar-refractivity contribution in [1.29, 1.82) is 0 Å². The van der Waals surface area contributed by atoms with Crippen LogP contribution in [0.25, 0.3) is 0 Å². The second-order valence-corrected chi connectivity index (χ2v) is 7.23. The summed E-state index contributed by atoms with van der Waals surface area (Å²) >= 11 is 5.90. The van der Waals surface area contributed by atoms with E-state index < -0.39 is 24.4 Å². The molecule has 8 heteroatoms. The third kappa shape index (κ3) is 6.85. The van der Waals surface area contributed by atoms with Crippen LogP contribution in [0, 0.1) is 0 Å². The maximum absolute atomic E-state index is 12.5. The van der Waals surface area contributed by atoms with Crippen LogP contribution in [-0.2, 0) is 16.0 Å². The molecule has 0 saturated carbocycles. The fourth-order valence-corrected chi connectivity index (χ4v) is 2.97. The van der Waals surface area contributed by atoms with Crippen molar-refractivity contribution in [1.82, 2.24) is 10.9 Å². The van der Waals surface area contributed by atoms with E-state index in [4.69, 9.17) is 16.3 Å². The smallest absolute Gasteiger partial charge is 0.340 e. The Bertz CT molecular complexity index is 1070. The lowest BCUT2D eigenvalue weighted by Crippen LogP contribution is -2.43. The number of amides is 2. The van der Waals surface area contributed by atoms with Crippen LogP contribution in [0.2, 0.25) is 5.02 Å². The Hall–Kier alpha value is -3.84. The molecule has 3 aromatic carbocycles. The fourth-order valence-electron chi connectivity index (χ4n) is 2.84. The first-order valence-electron chi connectivity index (χ1n) is 9.91. The highest BCUT2D eigenvalue weighted by Gasteiger charge is 2.14. The zero-order chi connectivity index (χ0) is 22.8. The summed E-state index contributed by atoms with van der Waals surface area (Å²) in [4.78, 5) is 36.3. The molecule has 3 N–H and O–H groups in total. The number of hydrazine groups is 1. The van der Waals surface area contributed by atoms with E-state index >= 15 is 0 Å². The molecule has 0 fully saturated rings. The zero-order valence-corrected chi connectivity index (χ0v) is 17.9. The molecular weight excluding hydrogens is 430 g/mol. The Morgan fingerprint density at radius 2 is 1.50 bits per heavy atom. The van der Waals surface area contributed by atoms with Crippen molar-refractivity contribution < 1.29 is 19.1 Å². The van der Waals surface area contributed by atoms with Crippen LogP contribution in [0.15, 0.2) is 78.9 Å². The lowest BCUT2D eigenvalue weighted by molar-refractivity contribution is -0.125. The van der Waals surface area contributed by atoms with Crippen LogP contribution in [0.4, 0.5) is 5.69 Å². The third-order valence-electron chi connectivity index (χ3n) is 4.48. The Balaban J connectivity index is 1.46. The van der Waals surface area contributed by atoms with Crippen LogP contribution in [-0.4, -0.2) is 30.9 Å². The second-order valence-electron chi connectivity index (χ2n) is 6.79. The highest BCUT2D eigenvalue weighted by Crippen LogP contribution is 2.17. The van der Waals surface area contributed by atoms with Gasteiger partial charge in [0.15, 0.2) is 6.61 Å². The van der Waals surface area contributed by atoms with Gasteiger partial charge in [0.1, 0.15) is 0 Å². The van der Waals surface area contributed by atoms with Gasteiger partial charge in [0.05, 0.1) is 5.56 Å². The summed E-state index contributed by atoms with van der Waals surface area (Å²) in [6.07, 6.45) is 0.740. The molecule has 0 aromatic heterocycles. The summed E-state index contributed by atoms with van der Waals surface area (Å²) < 4.78 is 5.09. The van der Waals surface area contributed by atoms with Crippen molar-refractivity contribution in [2.75, 3.05) is 18.5 Å². The van der Waals surface area contributed by atoms with Gasteiger partial charge in [-0.25, -0.2) is 4.79 Å². The number of benzene rings is 3. The van der Waals surface area contributed by atoms with Crippen molar-refractivity contribution in [2.45, 2.75) is 6.42 Å². The van der Waals surface area contributed by atoms with Gasteiger partial charge in [-0.05, 0) is 48.4 Å². The minimum absolute atomic E-state index is 0.310. The topological polar surface area (TPSA) is 96.5 Å². The number of hydrogen-bond donors (Lipinski definition) is 3. The molecule has 0 aliphatic heterocycles. The third-order valence-corrected chi connectivity index (χ3v) is 4.73. The molecule has 2 amide bonds. The van der Waals surface area contributed by atoms with Gasteiger partial charge in [-0.15, -0.1) is 0 Å². The number of nitrogens with one attached hydrogen (secondary N) is 3. The molecule has 0 bridgehead atoms. The lowest BCUT2D eigenvalue weighted by Gasteiger charge is -2.12. The minimum atomic E-state index is -0.657. The second kappa shape index (κ2) is 11.5. The summed E-state index contributed by atoms with van der Waals surface area (Å²) in [5.41, 5.74) is 6.90. The summed E-state index contributed by atoms with van der Waals surface area (Å²) in [7, 11) is 0. The van der Waals surface area contributed by atoms with E-state index in [2.05, 4.69) is 16.2 Å². The number of carbonyl (C=O) groups is 3. The number of ether oxygens (including phenoxy) is 1. The molecule has 0 spiro atoms. The first-order valence-corrected chi connectivity index (χ1v) is 10.3. The standard InChI is InChI=1S/C24H22ClN3O4/c25-19-12-10-17(11-13-19)14-15-26-21-9-5-4-8-20(21)24(31)32-16-22(29)27-28-23(30)18-6-2-1-3-7-18/h1-13,26H,14-16H2,(H,27,29)(H,28,30). The maximum Gasteiger partial charge on any atom is 0.340 e. The van der Waals surface area contributed by atoms with Gasteiger partial charge in [-0.3, -0.25) is 20.4 Å². The van der Waals surface area contributed by atoms with Crippen LogP contribution in [0.3, 0.4) is 0 Å². The molecule has 164 valence electrons. The van der Waals surface area contributed by atoms with Crippen molar-refractivity contribution in [3.05, 3.63) is 101 Å². The number of anilines is 1. The Morgan fingerprint density at radius 3 is 2.25 bits per heavy atom. The SMILES string of the molecule is O=C(COC(=O)c1ccccc1NCCc1ccc(Cl)cc1)NNC(=O)c1ccccc1. The largest absolute Gasteiger partial charge is 0.452 e. The molecule has 0 unspecified atom stereocenters. The molecule has 0 saturated heterocycles. The highest BCUT2D eigenvalue weighted by molar-refractivity contribution is 6.30. The van der Waals surface area contributed by atoms with Gasteiger partial charge in [0.25, 0.3) is 11.8 Å². The van der Waals surface area contributed by atoms with E-state index in [9.17, 15) is 14.4 Å². The molecule has 32 heavy (non-hydrogen) atoms. The van der Waals surface area contributed by atoms with Gasteiger partial charge in [0, 0.05) is 22.8 Å². The number of hydrogen-bond acceptors (Lipinski definition) is 5. The van der Waals surface area contributed by atoms with Crippen LogP contribution in [0.5, 0.6) is 0 Å². The van der Waals surface area contributed by atoms with Crippen molar-refractivity contribution >= 4 is 35.1 Å². The molecule has 0 radical (unpaired) electrons. The van der Waals surface area contributed by atoms with E-state index in [1.807, 2.05) is 24.3 Å². The van der Waals surface area contributed by atoms with E-state index in [0.717, 1.165) is 12.0 Å². The van der Waals surface area contributed by atoms with Crippen LogP contribution >= 0.6 is 11.6 Å². The van der Waals surface area contributed by atoms with Gasteiger partial charge in [-0.1, -0.05) is 54.1 Å². The monoisotopic (exact) mass is 451 g/mol. The molecule has 0 aliphatic carbocycles. The van der Waals surface area contributed by atoms with Gasteiger partial charge in [0.2, 0.25) is 0 Å². The van der Waals surface area contributed by atoms with E-state index in [0.29, 0.717) is 28.4 Å². The average molecular weight is 452 g/mol. The molecule has 7 nitrogen and oxygen atoms in total. The first kappa shape index (κ1) is 22.8. The predicted octanol–water partition coefficient (Wildman–Crippen LogP) is 3.61. The van der Waals surface area contributed by atoms with Crippen molar-refractivity contribution in [2.24, 2.45) is 0 Å². The van der Waals surface area contributed by atoms with Crippen molar-refractivity contribution in [3.8, 4) is 0 Å². The van der Waals surface area contributed by atoms with Gasteiger partial charge < -0.3 is 10.1 Å². The number of esters is 1. The van der Waals surface area contributed by atoms with Gasteiger partial charge >= 0.3 is 5.97 Å². The lowest BCUT2D eigenvalue weighted by atomic mass is 10.1. The Kier molecular flexibility index (Phi) is 8.22. The maximum atomic E-state index is 12.5. The molecule has 3 rings (SSSR count). The molecule has 0 aliphatic rings. The fraction of sp³-hybridized carbons (Fsp3) is 0.125. The van der Waals surface area contributed by atoms with Crippen LogP contribution in [0.1, 0.15) is 26.3 Å². The Labute approximate surface area is 190 Å². The van der Waals surface area contributed by atoms with Crippen molar-refractivity contribution in [3.63, 3.8) is 0 Å². The predicted molar refractivity (Wildman–Crippen MR) is 122 cm³/mol. The average Bonchev–Trinajstić information content (AvgIpc) is 2.83. The highest BCUT2D eigenvalue weighted by atomic mass is 35.5. The molecule has 3 aromatic rings. The normalized spacial score (nSPS) is 10.2. The number of carbonyl (C=O) groups excluding carboxylic acids is 3. The van der Waals surface area contributed by atoms with Crippen LogP contribution < -0.4 is 16.2 Å². The summed E-state index contributed by atoms with van der Waals surface area (Å²) in [5.74, 6) is -1.78. The number of rotatable bonds is 8. The molecular formula is C24H22ClN3O4. The van der Waals surface area contributed by atoms with E-state index in [1.54, 1.807) is 54.6 Å².